The Morgan fingerprint density at radius 3 is 2.57 bits per heavy atom. The van der Waals surface area contributed by atoms with Gasteiger partial charge in [-0.15, -0.1) is 0 Å². The van der Waals surface area contributed by atoms with Crippen LogP contribution in [0.1, 0.15) is 30.9 Å². The summed E-state index contributed by atoms with van der Waals surface area (Å²) in [6, 6.07) is 14.3. The molecule has 2 heterocycles. The van der Waals surface area contributed by atoms with Gasteiger partial charge in [-0.05, 0) is 43.7 Å². The molecule has 1 aliphatic rings. The number of nitrogens with two attached hydrogens (primary N) is 1. The summed E-state index contributed by atoms with van der Waals surface area (Å²) in [4.78, 5) is 13.3. The summed E-state index contributed by atoms with van der Waals surface area (Å²) in [7, 11) is 0. The van der Waals surface area contributed by atoms with E-state index in [0.717, 1.165) is 0 Å². The van der Waals surface area contributed by atoms with Crippen molar-refractivity contribution in [2.75, 3.05) is 13.2 Å². The Balaban J connectivity index is 1.98. The van der Waals surface area contributed by atoms with Crippen LogP contribution in [0, 0.1) is 11.3 Å². The highest BCUT2D eigenvalue weighted by atomic mass is 16.6. The molecular weight excluding hydrogens is 384 g/mol. The fraction of sp³-hybridized carbons (Fsp3) is 0.217. The highest BCUT2D eigenvalue weighted by molar-refractivity contribution is 5.78. The maximum absolute atomic E-state index is 13.3. The van der Waals surface area contributed by atoms with Gasteiger partial charge in [-0.25, -0.2) is 0 Å². The molecule has 152 valence electrons. The number of ether oxygens (including phenoxy) is 3. The molecule has 30 heavy (non-hydrogen) atoms. The second-order valence-corrected chi connectivity index (χ2v) is 6.63. The van der Waals surface area contributed by atoms with Crippen LogP contribution in [-0.2, 0) is 0 Å². The van der Waals surface area contributed by atoms with Gasteiger partial charge in [-0.1, -0.05) is 18.2 Å². The molecule has 0 amide bonds. The van der Waals surface area contributed by atoms with Gasteiger partial charge in [0.2, 0.25) is 11.3 Å². The van der Waals surface area contributed by atoms with Gasteiger partial charge < -0.3 is 24.4 Å². The van der Waals surface area contributed by atoms with E-state index in [2.05, 4.69) is 6.07 Å². The molecule has 2 N–H and O–H groups in total. The Hall–Kier alpha value is -3.92. The summed E-state index contributed by atoms with van der Waals surface area (Å²) in [6.45, 7) is 4.66. The highest BCUT2D eigenvalue weighted by Gasteiger charge is 2.36. The van der Waals surface area contributed by atoms with E-state index in [-0.39, 0.29) is 28.4 Å². The lowest BCUT2D eigenvalue weighted by atomic mass is 9.84. The molecule has 1 unspecified atom stereocenters. The minimum absolute atomic E-state index is 0.00737. The largest absolute Gasteiger partial charge is 0.490 e. The van der Waals surface area contributed by atoms with E-state index in [1.165, 1.54) is 0 Å². The summed E-state index contributed by atoms with van der Waals surface area (Å²) >= 11 is 0. The Labute approximate surface area is 172 Å². The third kappa shape index (κ3) is 3.12. The first-order valence-electron chi connectivity index (χ1n) is 9.61. The average molecular weight is 404 g/mol. The number of nitrogens with zero attached hydrogens (tertiary/aromatic N) is 1. The normalized spacial score (nSPS) is 15.3. The number of para-hydroxylation sites is 1. The van der Waals surface area contributed by atoms with Gasteiger partial charge >= 0.3 is 0 Å². The maximum Gasteiger partial charge on any atom is 0.300 e. The summed E-state index contributed by atoms with van der Waals surface area (Å²) < 4.78 is 22.7. The predicted molar refractivity (Wildman–Crippen MR) is 111 cm³/mol. The molecular formula is C23H20N2O5. The molecule has 4 rings (SSSR count). The molecule has 2 aromatic carbocycles. The fourth-order valence-corrected chi connectivity index (χ4v) is 3.60. The molecule has 7 nitrogen and oxygen atoms in total. The van der Waals surface area contributed by atoms with Crippen LogP contribution < -0.4 is 25.4 Å². The van der Waals surface area contributed by atoms with Crippen LogP contribution >= 0.6 is 0 Å². The lowest BCUT2D eigenvalue weighted by Crippen LogP contribution is -2.26. The van der Waals surface area contributed by atoms with E-state index in [0.29, 0.717) is 41.2 Å². The quantitative estimate of drug-likeness (QED) is 0.689. The van der Waals surface area contributed by atoms with Gasteiger partial charge in [0.15, 0.2) is 11.5 Å². The van der Waals surface area contributed by atoms with E-state index in [1.807, 2.05) is 13.8 Å². The van der Waals surface area contributed by atoms with Crippen molar-refractivity contribution in [2.24, 2.45) is 5.73 Å². The molecule has 0 saturated carbocycles. The van der Waals surface area contributed by atoms with Gasteiger partial charge in [-0.3, -0.25) is 4.79 Å². The van der Waals surface area contributed by atoms with Crippen LogP contribution in [0.4, 0.5) is 0 Å². The Kier molecular flexibility index (Phi) is 5.07. The van der Waals surface area contributed by atoms with Crippen molar-refractivity contribution in [1.82, 2.24) is 0 Å². The SMILES string of the molecule is CCOc1ccc(C2C(C#N)=C(N)Oc3oc4ccccc4c(=O)c32)cc1OCC. The van der Waals surface area contributed by atoms with Gasteiger partial charge in [-0.2, -0.15) is 5.26 Å². The van der Waals surface area contributed by atoms with E-state index in [4.69, 9.17) is 24.4 Å². The van der Waals surface area contributed by atoms with Crippen molar-refractivity contribution in [3.05, 3.63) is 75.3 Å². The highest BCUT2D eigenvalue weighted by Crippen LogP contribution is 2.43. The van der Waals surface area contributed by atoms with E-state index < -0.39 is 5.92 Å². The molecule has 0 radical (unpaired) electrons. The topological polar surface area (TPSA) is 108 Å². The van der Waals surface area contributed by atoms with Crippen LogP contribution in [0.2, 0.25) is 0 Å². The van der Waals surface area contributed by atoms with E-state index in [9.17, 15) is 10.1 Å². The third-order valence-electron chi connectivity index (χ3n) is 4.87. The van der Waals surface area contributed by atoms with Gasteiger partial charge in [0.25, 0.3) is 5.95 Å². The van der Waals surface area contributed by atoms with E-state index >= 15 is 0 Å². The number of nitriles is 1. The average Bonchev–Trinajstić information content (AvgIpc) is 2.74. The lowest BCUT2D eigenvalue weighted by Gasteiger charge is -2.25. The molecule has 3 aromatic rings. The summed E-state index contributed by atoms with van der Waals surface area (Å²) in [6.07, 6.45) is 0. The zero-order chi connectivity index (χ0) is 21.3. The molecule has 1 aliphatic heterocycles. The fourth-order valence-electron chi connectivity index (χ4n) is 3.60. The number of hydrogen-bond acceptors (Lipinski definition) is 7. The number of fused-ring (bicyclic) bond motifs is 2. The summed E-state index contributed by atoms with van der Waals surface area (Å²) in [5, 5.41) is 10.2. The smallest absolute Gasteiger partial charge is 0.300 e. The number of rotatable bonds is 5. The van der Waals surface area contributed by atoms with Crippen LogP contribution in [0.5, 0.6) is 17.4 Å². The summed E-state index contributed by atoms with van der Waals surface area (Å²) in [5.41, 5.74) is 7.14. The maximum atomic E-state index is 13.3. The van der Waals surface area contributed by atoms with Gasteiger partial charge in [0, 0.05) is 0 Å². The zero-order valence-corrected chi connectivity index (χ0v) is 16.6. The van der Waals surface area contributed by atoms with Crippen molar-refractivity contribution in [3.63, 3.8) is 0 Å². The first-order chi connectivity index (χ1) is 14.6. The van der Waals surface area contributed by atoms with Gasteiger partial charge in [0.1, 0.15) is 17.2 Å². The van der Waals surface area contributed by atoms with Crippen molar-refractivity contribution in [3.8, 4) is 23.5 Å². The number of hydrogen-bond donors (Lipinski definition) is 1. The Morgan fingerprint density at radius 1 is 1.10 bits per heavy atom. The lowest BCUT2D eigenvalue weighted by molar-refractivity contribution is 0.286. The van der Waals surface area contributed by atoms with Crippen molar-refractivity contribution in [2.45, 2.75) is 19.8 Å². The molecule has 0 aliphatic carbocycles. The molecule has 0 bridgehead atoms. The standard InChI is InChI=1S/C23H20N2O5/c1-3-27-17-10-9-13(11-18(17)28-4-2)19-15(12-24)22(25)30-23-20(19)21(26)14-7-5-6-8-16(14)29-23/h5-11,19H,3-4,25H2,1-2H3. The number of benzene rings is 2. The van der Waals surface area contributed by atoms with Gasteiger partial charge in [0.05, 0.1) is 30.1 Å². The molecule has 1 aromatic heterocycles. The predicted octanol–water partition coefficient (Wildman–Crippen LogP) is 3.81. The van der Waals surface area contributed by atoms with Crippen LogP contribution in [-0.4, -0.2) is 13.2 Å². The zero-order valence-electron chi connectivity index (χ0n) is 16.6. The van der Waals surface area contributed by atoms with E-state index in [1.54, 1.807) is 42.5 Å². The molecule has 0 fully saturated rings. The first kappa shape index (κ1) is 19.4. The molecule has 0 spiro atoms. The molecule has 0 saturated heterocycles. The second kappa shape index (κ2) is 7.84. The van der Waals surface area contributed by atoms with Crippen LogP contribution in [0.3, 0.4) is 0 Å². The minimum atomic E-state index is -0.755. The monoisotopic (exact) mass is 404 g/mol. The van der Waals surface area contributed by atoms with Crippen molar-refractivity contribution in [1.29, 1.82) is 5.26 Å². The van der Waals surface area contributed by atoms with Crippen molar-refractivity contribution >= 4 is 11.0 Å². The minimum Gasteiger partial charge on any atom is -0.490 e. The Bertz CT molecular complexity index is 1250. The number of allylic oxidation sites excluding steroid dienone is 1. The third-order valence-corrected chi connectivity index (χ3v) is 4.87. The molecule has 7 heteroatoms. The molecule has 1 atom stereocenters. The van der Waals surface area contributed by atoms with Crippen LogP contribution in [0.15, 0.2) is 63.1 Å². The second-order valence-electron chi connectivity index (χ2n) is 6.63. The van der Waals surface area contributed by atoms with Crippen LogP contribution in [0.25, 0.3) is 11.0 Å². The Morgan fingerprint density at radius 2 is 1.83 bits per heavy atom. The summed E-state index contributed by atoms with van der Waals surface area (Å²) in [5.74, 6) is 0.240. The van der Waals surface area contributed by atoms with Crippen molar-refractivity contribution < 1.29 is 18.6 Å². The first-order valence-corrected chi connectivity index (χ1v) is 9.61.